The van der Waals surface area contributed by atoms with Crippen LogP contribution in [0.25, 0.3) is 0 Å². The molecule has 0 saturated heterocycles. The molecule has 190 valence electrons. The molecule has 1 N–H and O–H groups in total. The topological polar surface area (TPSA) is 63.6 Å². The Morgan fingerprint density at radius 3 is 2.42 bits per heavy atom. The Balaban J connectivity index is 1.47. The largest absolute Gasteiger partial charge is 0.397 e. The molecule has 0 spiro atoms. The fourth-order valence-corrected chi connectivity index (χ4v) is 9.43. The van der Waals surface area contributed by atoms with Gasteiger partial charge in [0, 0.05) is 0 Å². The van der Waals surface area contributed by atoms with Crippen molar-refractivity contribution in [2.24, 2.45) is 52.3 Å². The molecule has 0 aliphatic heterocycles. The second-order valence-electron chi connectivity index (χ2n) is 13.2. The van der Waals surface area contributed by atoms with Crippen LogP contribution in [0.3, 0.4) is 0 Å². The molecule has 4 aliphatic carbocycles. The van der Waals surface area contributed by atoms with Crippen LogP contribution in [0, 0.1) is 52.3 Å². The summed E-state index contributed by atoms with van der Waals surface area (Å²) in [6.45, 7) is 14.7. The standard InChI is InChI=1S/C28H48O4S/c1-18(2)19(3)7-8-20(4)24-11-12-25-23-10-9-21-17-22(32-33(29,30)31)13-15-27(21,5)26(23)14-16-28(24,25)6/h9,18-20,22-26H,7-8,10-17H2,1-6H3,(H,29,30,31)/t19-,20?,22-,23?,24+,25?,26?,27-,28+/m0/s1. The highest BCUT2D eigenvalue weighted by Gasteiger charge is 2.59. The zero-order chi connectivity index (χ0) is 24.2. The van der Waals surface area contributed by atoms with E-state index in [4.69, 9.17) is 8.74 Å². The highest BCUT2D eigenvalue weighted by molar-refractivity contribution is 7.80. The highest BCUT2D eigenvalue weighted by Crippen LogP contribution is 2.67. The van der Waals surface area contributed by atoms with Crippen LogP contribution in [0.15, 0.2) is 11.6 Å². The molecule has 33 heavy (non-hydrogen) atoms. The molecule has 4 nitrogen and oxygen atoms in total. The van der Waals surface area contributed by atoms with E-state index in [0.717, 1.165) is 48.3 Å². The molecule has 9 atom stereocenters. The number of hydrogen-bond acceptors (Lipinski definition) is 3. The molecule has 0 radical (unpaired) electrons. The Morgan fingerprint density at radius 1 is 1.03 bits per heavy atom. The first-order valence-electron chi connectivity index (χ1n) is 13.7. The van der Waals surface area contributed by atoms with Crippen LogP contribution in [0.2, 0.25) is 0 Å². The molecular formula is C28H48O4S. The van der Waals surface area contributed by atoms with Crippen molar-refractivity contribution < 1.29 is 17.2 Å². The van der Waals surface area contributed by atoms with E-state index >= 15 is 0 Å². The second kappa shape index (κ2) is 9.24. The third-order valence-corrected chi connectivity index (χ3v) is 11.8. The minimum absolute atomic E-state index is 0.166. The summed E-state index contributed by atoms with van der Waals surface area (Å²) in [6.07, 6.45) is 13.7. The molecule has 3 fully saturated rings. The SMILES string of the molecule is CC(CC[C@H](C)C(C)C)[C@H]1CCC2C3CC=C4C[C@@H](OS(=O)(=O)O)CC[C@]4(C)C3CC[C@@]21C. The fourth-order valence-electron chi connectivity index (χ4n) is 8.92. The van der Waals surface area contributed by atoms with E-state index in [0.29, 0.717) is 24.2 Å². The lowest BCUT2D eigenvalue weighted by atomic mass is 9.47. The lowest BCUT2D eigenvalue weighted by molar-refractivity contribution is -0.0562. The van der Waals surface area contributed by atoms with Crippen molar-refractivity contribution in [3.05, 3.63) is 11.6 Å². The van der Waals surface area contributed by atoms with E-state index in [1.54, 1.807) is 0 Å². The molecule has 0 aromatic heterocycles. The van der Waals surface area contributed by atoms with Crippen LogP contribution in [0.5, 0.6) is 0 Å². The molecule has 0 aromatic carbocycles. The van der Waals surface area contributed by atoms with Gasteiger partial charge in [0.1, 0.15) is 0 Å². The Kier molecular flexibility index (Phi) is 7.20. The van der Waals surface area contributed by atoms with Crippen molar-refractivity contribution >= 4 is 10.4 Å². The van der Waals surface area contributed by atoms with Crippen LogP contribution in [0.4, 0.5) is 0 Å². The van der Waals surface area contributed by atoms with E-state index < -0.39 is 16.5 Å². The predicted molar refractivity (Wildman–Crippen MR) is 134 cm³/mol. The fraction of sp³-hybridized carbons (Fsp3) is 0.929. The van der Waals surface area contributed by atoms with Crippen LogP contribution < -0.4 is 0 Å². The van der Waals surface area contributed by atoms with Gasteiger partial charge >= 0.3 is 10.4 Å². The maximum Gasteiger partial charge on any atom is 0.397 e. The molecule has 4 rings (SSSR count). The molecule has 4 aliphatic rings. The van der Waals surface area contributed by atoms with E-state index in [1.165, 1.54) is 44.1 Å². The molecule has 5 heteroatoms. The van der Waals surface area contributed by atoms with Crippen molar-refractivity contribution in [1.29, 1.82) is 0 Å². The summed E-state index contributed by atoms with van der Waals surface area (Å²) < 4.78 is 36.6. The quantitative estimate of drug-likeness (QED) is 0.303. The molecular weight excluding hydrogens is 432 g/mol. The first kappa shape index (κ1) is 25.7. The zero-order valence-electron chi connectivity index (χ0n) is 21.8. The molecule has 0 amide bonds. The van der Waals surface area contributed by atoms with E-state index in [2.05, 4.69) is 47.6 Å². The van der Waals surface area contributed by atoms with Crippen molar-refractivity contribution in [1.82, 2.24) is 0 Å². The van der Waals surface area contributed by atoms with Crippen LogP contribution in [-0.4, -0.2) is 19.1 Å². The Bertz CT molecular complexity index is 848. The van der Waals surface area contributed by atoms with Crippen molar-refractivity contribution in [3.8, 4) is 0 Å². The van der Waals surface area contributed by atoms with Gasteiger partial charge in [0.15, 0.2) is 0 Å². The van der Waals surface area contributed by atoms with Gasteiger partial charge in [-0.1, -0.05) is 66.0 Å². The van der Waals surface area contributed by atoms with Gasteiger partial charge in [-0.3, -0.25) is 4.55 Å². The van der Waals surface area contributed by atoms with Gasteiger partial charge in [-0.25, -0.2) is 4.18 Å². The summed E-state index contributed by atoms with van der Waals surface area (Å²) in [5.41, 5.74) is 2.03. The van der Waals surface area contributed by atoms with Crippen molar-refractivity contribution in [2.75, 3.05) is 0 Å². The van der Waals surface area contributed by atoms with Crippen LogP contribution in [0.1, 0.15) is 106 Å². The summed E-state index contributed by atoms with van der Waals surface area (Å²) in [6, 6.07) is 0. The lowest BCUT2D eigenvalue weighted by Crippen LogP contribution is -2.51. The average Bonchev–Trinajstić information content (AvgIpc) is 3.08. The summed E-state index contributed by atoms with van der Waals surface area (Å²) in [4.78, 5) is 0. The Morgan fingerprint density at radius 2 is 1.76 bits per heavy atom. The molecule has 0 bridgehead atoms. The van der Waals surface area contributed by atoms with Gasteiger partial charge < -0.3 is 0 Å². The van der Waals surface area contributed by atoms with Gasteiger partial charge in [0.2, 0.25) is 0 Å². The first-order valence-corrected chi connectivity index (χ1v) is 15.1. The van der Waals surface area contributed by atoms with Gasteiger partial charge in [0.25, 0.3) is 0 Å². The number of hydrogen-bond donors (Lipinski definition) is 1. The summed E-state index contributed by atoms with van der Waals surface area (Å²) in [5.74, 6) is 5.57. The molecule has 3 saturated carbocycles. The third kappa shape index (κ3) is 4.85. The maximum absolute atomic E-state index is 11.2. The first-order chi connectivity index (χ1) is 15.3. The average molecular weight is 481 g/mol. The van der Waals surface area contributed by atoms with Crippen molar-refractivity contribution in [2.45, 2.75) is 112 Å². The summed E-state index contributed by atoms with van der Waals surface area (Å²) >= 11 is 0. The van der Waals surface area contributed by atoms with Crippen molar-refractivity contribution in [3.63, 3.8) is 0 Å². The monoisotopic (exact) mass is 480 g/mol. The van der Waals surface area contributed by atoms with E-state index in [-0.39, 0.29) is 5.41 Å². The van der Waals surface area contributed by atoms with E-state index in [1.807, 2.05) is 0 Å². The minimum Gasteiger partial charge on any atom is -0.264 e. The summed E-state index contributed by atoms with van der Waals surface area (Å²) in [7, 11) is -4.38. The summed E-state index contributed by atoms with van der Waals surface area (Å²) in [5, 5.41) is 0. The number of fused-ring (bicyclic) bond motifs is 5. The minimum atomic E-state index is -4.38. The number of rotatable bonds is 7. The zero-order valence-corrected chi connectivity index (χ0v) is 22.7. The molecule has 0 heterocycles. The van der Waals surface area contributed by atoms with Gasteiger partial charge in [-0.05, 0) is 104 Å². The normalized spacial score (nSPS) is 42.8. The Labute approximate surface area is 203 Å². The lowest BCUT2D eigenvalue weighted by Gasteiger charge is -2.58. The van der Waals surface area contributed by atoms with Gasteiger partial charge in [0.05, 0.1) is 6.10 Å². The maximum atomic E-state index is 11.2. The number of allylic oxidation sites excluding steroid dienone is 1. The van der Waals surface area contributed by atoms with E-state index in [9.17, 15) is 8.42 Å². The van der Waals surface area contributed by atoms with Crippen LogP contribution in [-0.2, 0) is 14.6 Å². The molecule has 0 aromatic rings. The third-order valence-electron chi connectivity index (χ3n) is 11.3. The molecule has 4 unspecified atom stereocenters. The van der Waals surface area contributed by atoms with Gasteiger partial charge in [-0.2, -0.15) is 8.42 Å². The smallest absolute Gasteiger partial charge is 0.264 e. The highest BCUT2D eigenvalue weighted by atomic mass is 32.3. The predicted octanol–water partition coefficient (Wildman–Crippen LogP) is 7.46. The Hall–Kier alpha value is -0.390. The van der Waals surface area contributed by atoms with Crippen LogP contribution >= 0.6 is 0 Å². The second-order valence-corrected chi connectivity index (χ2v) is 14.2. The van der Waals surface area contributed by atoms with Gasteiger partial charge in [-0.15, -0.1) is 0 Å².